The largest absolute Gasteiger partial charge is 0.497 e. The van der Waals surface area contributed by atoms with Gasteiger partial charge >= 0.3 is 11.8 Å². The Bertz CT molecular complexity index is 1180. The van der Waals surface area contributed by atoms with E-state index in [1.807, 2.05) is 12.1 Å². The summed E-state index contributed by atoms with van der Waals surface area (Å²) < 4.78 is 36.7. The van der Waals surface area contributed by atoms with E-state index in [1.54, 1.807) is 25.3 Å². The van der Waals surface area contributed by atoms with Crippen molar-refractivity contribution in [3.63, 3.8) is 0 Å². The lowest BCUT2D eigenvalue weighted by Gasteiger charge is -2.16. The minimum Gasteiger partial charge on any atom is -0.497 e. The van der Waals surface area contributed by atoms with E-state index in [4.69, 9.17) is 20.8 Å². The zero-order chi connectivity index (χ0) is 23.8. The van der Waals surface area contributed by atoms with Gasteiger partial charge in [0.05, 0.1) is 18.3 Å². The predicted octanol–water partition coefficient (Wildman–Crippen LogP) is 2.93. The van der Waals surface area contributed by atoms with Crippen molar-refractivity contribution in [1.82, 2.24) is 10.6 Å². The van der Waals surface area contributed by atoms with Gasteiger partial charge in [0.1, 0.15) is 16.8 Å². The number of carbonyl (C=O) groups excluding carboxylic acids is 2. The number of ether oxygens (including phenoxy) is 1. The fourth-order valence-electron chi connectivity index (χ4n) is 3.08. The fraction of sp³-hybridized carbons (Fsp3) is 0.217. The molecule has 10 heteroatoms. The number of furan rings is 1. The topological polar surface area (TPSA) is 115 Å². The third kappa shape index (κ3) is 6.36. The molecule has 1 atom stereocenters. The predicted molar refractivity (Wildman–Crippen MR) is 123 cm³/mol. The summed E-state index contributed by atoms with van der Waals surface area (Å²) in [6.07, 6.45) is 1.86. The molecule has 3 aromatic rings. The van der Waals surface area contributed by atoms with Crippen LogP contribution in [-0.2, 0) is 25.8 Å². The molecule has 0 radical (unpaired) electrons. The van der Waals surface area contributed by atoms with Crippen LogP contribution in [0.25, 0.3) is 0 Å². The van der Waals surface area contributed by atoms with Gasteiger partial charge in [0.15, 0.2) is 9.84 Å². The Labute approximate surface area is 196 Å². The third-order valence-electron chi connectivity index (χ3n) is 4.89. The molecule has 1 aromatic heterocycles. The van der Waals surface area contributed by atoms with E-state index in [-0.39, 0.29) is 23.7 Å². The standard InChI is InChI=1S/C23H23ClN2O6S/c1-31-18-8-4-16(5-9-18)12-13-25-22(27)23(28)26-15-21(20-3-2-14-32-20)33(29,30)19-10-6-17(24)7-11-19/h2-11,14,21H,12-13,15H2,1H3,(H,25,27)(H,26,28)/t21-/m0/s1. The minimum atomic E-state index is -3.93. The monoisotopic (exact) mass is 490 g/mol. The highest BCUT2D eigenvalue weighted by Crippen LogP contribution is 2.29. The molecule has 8 nitrogen and oxygen atoms in total. The van der Waals surface area contributed by atoms with Crippen LogP contribution in [0.15, 0.2) is 76.2 Å². The molecule has 0 bridgehead atoms. The second-order valence-electron chi connectivity index (χ2n) is 7.07. The Balaban J connectivity index is 1.60. The van der Waals surface area contributed by atoms with Crippen molar-refractivity contribution in [1.29, 1.82) is 0 Å². The Morgan fingerprint density at radius 2 is 1.67 bits per heavy atom. The summed E-state index contributed by atoms with van der Waals surface area (Å²) >= 11 is 5.85. The molecule has 0 fully saturated rings. The smallest absolute Gasteiger partial charge is 0.309 e. The van der Waals surface area contributed by atoms with Crippen LogP contribution in [0.1, 0.15) is 16.6 Å². The third-order valence-corrected chi connectivity index (χ3v) is 7.22. The Hall–Kier alpha value is -3.30. The maximum absolute atomic E-state index is 13.1. The Morgan fingerprint density at radius 1 is 1.00 bits per heavy atom. The lowest BCUT2D eigenvalue weighted by atomic mass is 10.1. The second kappa shape index (κ2) is 11.0. The summed E-state index contributed by atoms with van der Waals surface area (Å²) in [6.45, 7) is -0.105. The zero-order valence-electron chi connectivity index (χ0n) is 17.8. The molecule has 33 heavy (non-hydrogen) atoms. The first-order chi connectivity index (χ1) is 15.8. The van der Waals surface area contributed by atoms with E-state index in [9.17, 15) is 18.0 Å². The maximum atomic E-state index is 13.1. The summed E-state index contributed by atoms with van der Waals surface area (Å²) in [5.41, 5.74) is 0.962. The van der Waals surface area contributed by atoms with E-state index in [0.717, 1.165) is 11.3 Å². The van der Waals surface area contributed by atoms with Gasteiger partial charge in [-0.05, 0) is 60.5 Å². The molecule has 0 aliphatic rings. The highest BCUT2D eigenvalue weighted by Gasteiger charge is 2.32. The van der Waals surface area contributed by atoms with Crippen molar-refractivity contribution in [2.24, 2.45) is 0 Å². The number of nitrogens with one attached hydrogen (secondary N) is 2. The summed E-state index contributed by atoms with van der Waals surface area (Å²) in [4.78, 5) is 24.4. The number of hydrogen-bond acceptors (Lipinski definition) is 6. The second-order valence-corrected chi connectivity index (χ2v) is 9.63. The molecule has 0 aliphatic carbocycles. The average Bonchev–Trinajstić information content (AvgIpc) is 3.34. The normalized spacial score (nSPS) is 12.1. The zero-order valence-corrected chi connectivity index (χ0v) is 19.4. The molecule has 0 spiro atoms. The SMILES string of the molecule is COc1ccc(CCNC(=O)C(=O)NC[C@@H](c2ccco2)S(=O)(=O)c2ccc(Cl)cc2)cc1. The number of benzene rings is 2. The average molecular weight is 491 g/mol. The van der Waals surface area contributed by atoms with Crippen LogP contribution < -0.4 is 15.4 Å². The summed E-state index contributed by atoms with van der Waals surface area (Å²) in [5, 5.41) is 4.09. The van der Waals surface area contributed by atoms with E-state index in [1.165, 1.54) is 36.6 Å². The number of hydrogen-bond donors (Lipinski definition) is 2. The molecule has 0 saturated heterocycles. The van der Waals surface area contributed by atoms with Gasteiger partial charge in [-0.1, -0.05) is 23.7 Å². The number of halogens is 1. The highest BCUT2D eigenvalue weighted by atomic mass is 35.5. The lowest BCUT2D eigenvalue weighted by molar-refractivity contribution is -0.139. The van der Waals surface area contributed by atoms with E-state index in [0.29, 0.717) is 11.4 Å². The molecule has 2 amide bonds. The van der Waals surface area contributed by atoms with Crippen LogP contribution in [0.5, 0.6) is 5.75 Å². The van der Waals surface area contributed by atoms with Crippen LogP contribution >= 0.6 is 11.6 Å². The maximum Gasteiger partial charge on any atom is 0.309 e. The van der Waals surface area contributed by atoms with Gasteiger partial charge < -0.3 is 19.8 Å². The van der Waals surface area contributed by atoms with Crippen molar-refractivity contribution in [3.8, 4) is 5.75 Å². The van der Waals surface area contributed by atoms with Crippen molar-refractivity contribution < 1.29 is 27.2 Å². The molecule has 0 saturated carbocycles. The van der Waals surface area contributed by atoms with Gasteiger partial charge in [0, 0.05) is 18.1 Å². The minimum absolute atomic E-state index is 0.0199. The summed E-state index contributed by atoms with van der Waals surface area (Å²) in [6, 6.07) is 16.1. The van der Waals surface area contributed by atoms with Gasteiger partial charge in [-0.15, -0.1) is 0 Å². The molecule has 0 unspecified atom stereocenters. The van der Waals surface area contributed by atoms with Crippen LogP contribution in [-0.4, -0.2) is 40.4 Å². The molecular weight excluding hydrogens is 468 g/mol. The number of sulfone groups is 1. The van der Waals surface area contributed by atoms with Gasteiger partial charge in [-0.3, -0.25) is 9.59 Å². The fourth-order valence-corrected chi connectivity index (χ4v) is 4.80. The van der Waals surface area contributed by atoms with E-state index < -0.39 is 26.9 Å². The van der Waals surface area contributed by atoms with Crippen LogP contribution in [0.4, 0.5) is 0 Å². The number of amides is 2. The molecule has 2 N–H and O–H groups in total. The molecule has 3 rings (SSSR count). The quantitative estimate of drug-likeness (QED) is 0.446. The van der Waals surface area contributed by atoms with Crippen molar-refractivity contribution in [2.45, 2.75) is 16.6 Å². The number of carbonyl (C=O) groups is 2. The first-order valence-corrected chi connectivity index (χ1v) is 12.0. The van der Waals surface area contributed by atoms with Gasteiger partial charge in [-0.2, -0.15) is 0 Å². The Morgan fingerprint density at radius 3 is 2.27 bits per heavy atom. The number of rotatable bonds is 9. The van der Waals surface area contributed by atoms with Crippen LogP contribution in [0.3, 0.4) is 0 Å². The first-order valence-electron chi connectivity index (χ1n) is 10.0. The molecule has 1 heterocycles. The summed E-state index contributed by atoms with van der Waals surface area (Å²) in [7, 11) is -2.36. The molecule has 0 aliphatic heterocycles. The highest BCUT2D eigenvalue weighted by molar-refractivity contribution is 7.91. The van der Waals surface area contributed by atoms with Gasteiger partial charge in [-0.25, -0.2) is 8.42 Å². The van der Waals surface area contributed by atoms with Crippen molar-refractivity contribution >= 4 is 33.3 Å². The first kappa shape index (κ1) is 24.3. The lowest BCUT2D eigenvalue weighted by Crippen LogP contribution is -2.42. The Kier molecular flexibility index (Phi) is 8.13. The molecule has 174 valence electrons. The number of methoxy groups -OCH3 is 1. The van der Waals surface area contributed by atoms with Gasteiger partial charge in [0.2, 0.25) is 0 Å². The molecular formula is C23H23ClN2O6S. The van der Waals surface area contributed by atoms with Gasteiger partial charge in [0.25, 0.3) is 0 Å². The van der Waals surface area contributed by atoms with E-state index >= 15 is 0 Å². The van der Waals surface area contributed by atoms with Crippen molar-refractivity contribution in [2.75, 3.05) is 20.2 Å². The molecule has 2 aromatic carbocycles. The van der Waals surface area contributed by atoms with Crippen molar-refractivity contribution in [3.05, 3.63) is 83.3 Å². The van der Waals surface area contributed by atoms with E-state index in [2.05, 4.69) is 10.6 Å². The summed E-state index contributed by atoms with van der Waals surface area (Å²) in [5.74, 6) is -0.926. The van der Waals surface area contributed by atoms with Crippen LogP contribution in [0, 0.1) is 0 Å². The van der Waals surface area contributed by atoms with Crippen LogP contribution in [0.2, 0.25) is 5.02 Å².